The minimum Gasteiger partial charge on any atom is -0.469 e. The summed E-state index contributed by atoms with van der Waals surface area (Å²) in [5, 5.41) is 1.12. The van der Waals surface area contributed by atoms with Crippen LogP contribution in [0.2, 0.25) is 0 Å². The van der Waals surface area contributed by atoms with Crippen LogP contribution in [0.1, 0.15) is 5.56 Å². The Morgan fingerprint density at radius 1 is 1.43 bits per heavy atom. The molecule has 0 atom stereocenters. The van der Waals surface area contributed by atoms with Gasteiger partial charge in [-0.25, -0.2) is 0 Å². The number of hydrogen-bond acceptors (Lipinski definition) is 2. The van der Waals surface area contributed by atoms with Crippen molar-refractivity contribution in [3.05, 3.63) is 36.0 Å². The van der Waals surface area contributed by atoms with Gasteiger partial charge in [0.05, 0.1) is 13.5 Å². The molecule has 0 aliphatic heterocycles. The highest BCUT2D eigenvalue weighted by molar-refractivity contribution is 5.86. The fourth-order valence-corrected chi connectivity index (χ4v) is 1.52. The molecule has 0 radical (unpaired) electrons. The number of ether oxygens (including phenoxy) is 1. The fraction of sp³-hybridized carbons (Fsp3) is 0.182. The lowest BCUT2D eigenvalue weighted by Gasteiger charge is -2.01. The molecule has 1 aromatic carbocycles. The Morgan fingerprint density at radius 2 is 2.29 bits per heavy atom. The third kappa shape index (κ3) is 1.48. The van der Waals surface area contributed by atoms with Crippen LogP contribution >= 0.6 is 0 Å². The zero-order valence-corrected chi connectivity index (χ0v) is 7.91. The predicted molar refractivity (Wildman–Crippen MR) is 54.0 cm³/mol. The van der Waals surface area contributed by atoms with E-state index in [1.165, 1.54) is 7.11 Å². The Hall–Kier alpha value is -1.77. The van der Waals surface area contributed by atoms with Crippen molar-refractivity contribution in [1.29, 1.82) is 0 Å². The number of methoxy groups -OCH3 is 1. The van der Waals surface area contributed by atoms with E-state index in [-0.39, 0.29) is 5.97 Å². The lowest BCUT2D eigenvalue weighted by Crippen LogP contribution is -2.04. The molecule has 0 saturated carbocycles. The Balaban J connectivity index is 2.41. The van der Waals surface area contributed by atoms with Crippen molar-refractivity contribution in [1.82, 2.24) is 4.98 Å². The quantitative estimate of drug-likeness (QED) is 0.733. The van der Waals surface area contributed by atoms with Gasteiger partial charge in [0.25, 0.3) is 0 Å². The van der Waals surface area contributed by atoms with Gasteiger partial charge < -0.3 is 9.72 Å². The summed E-state index contributed by atoms with van der Waals surface area (Å²) < 4.78 is 4.63. The van der Waals surface area contributed by atoms with Crippen LogP contribution in [0.15, 0.2) is 30.5 Å². The molecule has 0 aliphatic carbocycles. The molecule has 2 aromatic rings. The van der Waals surface area contributed by atoms with Gasteiger partial charge in [0, 0.05) is 11.7 Å². The number of fused-ring (bicyclic) bond motifs is 1. The summed E-state index contributed by atoms with van der Waals surface area (Å²) in [6.45, 7) is 0. The number of aromatic nitrogens is 1. The van der Waals surface area contributed by atoms with E-state index in [2.05, 4.69) is 9.72 Å². The van der Waals surface area contributed by atoms with Crippen LogP contribution in [-0.2, 0) is 16.0 Å². The van der Waals surface area contributed by atoms with E-state index in [1.807, 2.05) is 30.5 Å². The van der Waals surface area contributed by atoms with E-state index in [9.17, 15) is 4.79 Å². The average molecular weight is 189 g/mol. The van der Waals surface area contributed by atoms with E-state index in [0.29, 0.717) is 6.42 Å². The third-order valence-electron chi connectivity index (χ3n) is 2.24. The van der Waals surface area contributed by atoms with Gasteiger partial charge in [-0.05, 0) is 17.0 Å². The van der Waals surface area contributed by atoms with Crippen LogP contribution in [0.4, 0.5) is 0 Å². The number of aromatic amines is 1. The van der Waals surface area contributed by atoms with Gasteiger partial charge in [0.1, 0.15) is 0 Å². The summed E-state index contributed by atoms with van der Waals surface area (Å²) in [4.78, 5) is 14.2. The zero-order chi connectivity index (χ0) is 9.97. The minimum absolute atomic E-state index is 0.216. The van der Waals surface area contributed by atoms with E-state index in [0.717, 1.165) is 16.5 Å². The molecule has 0 aliphatic rings. The van der Waals surface area contributed by atoms with E-state index in [4.69, 9.17) is 0 Å². The molecule has 2 rings (SSSR count). The van der Waals surface area contributed by atoms with Crippen LogP contribution in [0, 0.1) is 0 Å². The summed E-state index contributed by atoms with van der Waals surface area (Å²) in [5.41, 5.74) is 1.98. The molecule has 72 valence electrons. The van der Waals surface area contributed by atoms with Gasteiger partial charge in [-0.15, -0.1) is 0 Å². The summed E-state index contributed by atoms with van der Waals surface area (Å²) >= 11 is 0. The molecule has 1 N–H and O–H groups in total. The van der Waals surface area contributed by atoms with Crippen molar-refractivity contribution in [2.24, 2.45) is 0 Å². The van der Waals surface area contributed by atoms with Crippen LogP contribution in [0.3, 0.4) is 0 Å². The number of carbonyl (C=O) groups is 1. The van der Waals surface area contributed by atoms with Crippen molar-refractivity contribution in [3.63, 3.8) is 0 Å². The maximum atomic E-state index is 11.1. The SMILES string of the molecule is COC(=O)Cc1cccc2cc[nH]c12. The van der Waals surface area contributed by atoms with Crippen LogP contribution in [0.25, 0.3) is 10.9 Å². The number of nitrogens with one attached hydrogen (secondary N) is 1. The Morgan fingerprint density at radius 3 is 3.07 bits per heavy atom. The Bertz CT molecular complexity index is 459. The third-order valence-corrected chi connectivity index (χ3v) is 2.24. The van der Waals surface area contributed by atoms with Gasteiger partial charge >= 0.3 is 5.97 Å². The standard InChI is InChI=1S/C11H11NO2/c1-14-10(13)7-9-4-2-3-8-5-6-12-11(8)9/h2-6,12H,7H2,1H3. The molecule has 0 spiro atoms. The van der Waals surface area contributed by atoms with Crippen molar-refractivity contribution < 1.29 is 9.53 Å². The summed E-state index contributed by atoms with van der Waals surface area (Å²) in [6, 6.07) is 7.85. The van der Waals surface area contributed by atoms with E-state index >= 15 is 0 Å². The predicted octanol–water partition coefficient (Wildman–Crippen LogP) is 1.88. The Kier molecular flexibility index (Phi) is 2.23. The smallest absolute Gasteiger partial charge is 0.310 e. The molecular formula is C11H11NO2. The van der Waals surface area contributed by atoms with Gasteiger partial charge in [-0.1, -0.05) is 18.2 Å². The molecule has 1 heterocycles. The summed E-state index contributed by atoms with van der Waals surface area (Å²) in [6.07, 6.45) is 2.18. The largest absolute Gasteiger partial charge is 0.469 e. The molecule has 3 nitrogen and oxygen atoms in total. The summed E-state index contributed by atoms with van der Waals surface area (Å²) in [5.74, 6) is -0.216. The monoisotopic (exact) mass is 189 g/mol. The van der Waals surface area contributed by atoms with Crippen molar-refractivity contribution in [2.75, 3.05) is 7.11 Å². The first-order valence-electron chi connectivity index (χ1n) is 4.43. The zero-order valence-electron chi connectivity index (χ0n) is 7.91. The highest BCUT2D eigenvalue weighted by atomic mass is 16.5. The molecule has 0 bridgehead atoms. The van der Waals surface area contributed by atoms with Crippen molar-refractivity contribution >= 4 is 16.9 Å². The number of rotatable bonds is 2. The first kappa shape index (κ1) is 8.81. The van der Waals surface area contributed by atoms with E-state index in [1.54, 1.807) is 0 Å². The number of carbonyl (C=O) groups excluding carboxylic acids is 1. The Labute approximate surface area is 81.7 Å². The normalized spacial score (nSPS) is 10.4. The molecule has 0 unspecified atom stereocenters. The molecule has 3 heteroatoms. The average Bonchev–Trinajstić information content (AvgIpc) is 2.66. The number of H-pyrrole nitrogens is 1. The van der Waals surface area contributed by atoms with Crippen LogP contribution in [0.5, 0.6) is 0 Å². The molecule has 0 saturated heterocycles. The molecular weight excluding hydrogens is 178 g/mol. The van der Waals surface area contributed by atoms with Crippen molar-refractivity contribution in [3.8, 4) is 0 Å². The fourth-order valence-electron chi connectivity index (χ4n) is 1.52. The second-order valence-corrected chi connectivity index (χ2v) is 3.11. The van der Waals surface area contributed by atoms with E-state index < -0.39 is 0 Å². The number of esters is 1. The first-order chi connectivity index (χ1) is 6.81. The molecule has 0 amide bonds. The van der Waals surface area contributed by atoms with Crippen molar-refractivity contribution in [2.45, 2.75) is 6.42 Å². The summed E-state index contributed by atoms with van der Waals surface area (Å²) in [7, 11) is 1.40. The lowest BCUT2D eigenvalue weighted by molar-refractivity contribution is -0.139. The second-order valence-electron chi connectivity index (χ2n) is 3.11. The topological polar surface area (TPSA) is 42.1 Å². The minimum atomic E-state index is -0.216. The maximum absolute atomic E-state index is 11.1. The maximum Gasteiger partial charge on any atom is 0.310 e. The number of hydrogen-bond donors (Lipinski definition) is 1. The van der Waals surface area contributed by atoms with Crippen LogP contribution < -0.4 is 0 Å². The van der Waals surface area contributed by atoms with Gasteiger partial charge in [-0.3, -0.25) is 4.79 Å². The van der Waals surface area contributed by atoms with Crippen LogP contribution in [-0.4, -0.2) is 18.1 Å². The highest BCUT2D eigenvalue weighted by Crippen LogP contribution is 2.17. The second kappa shape index (κ2) is 3.54. The lowest BCUT2D eigenvalue weighted by atomic mass is 10.1. The van der Waals surface area contributed by atoms with Gasteiger partial charge in [0.15, 0.2) is 0 Å². The molecule has 1 aromatic heterocycles. The molecule has 0 fully saturated rings. The number of para-hydroxylation sites is 1. The van der Waals surface area contributed by atoms with Gasteiger partial charge in [-0.2, -0.15) is 0 Å². The van der Waals surface area contributed by atoms with Gasteiger partial charge in [0.2, 0.25) is 0 Å². The molecule has 14 heavy (non-hydrogen) atoms. The first-order valence-corrected chi connectivity index (χ1v) is 4.43. The highest BCUT2D eigenvalue weighted by Gasteiger charge is 2.06. The number of benzene rings is 1.